The van der Waals surface area contributed by atoms with Crippen LogP contribution in [0.3, 0.4) is 0 Å². The standard InChI is InChI=1S/C13H15ClN2O2S/c1-13(2)9-10(13)12(18)16(11(9)17)4-3-8-15-7(5-14)6-19-8/h6,9-10H,3-5H2,1-2H3. The van der Waals surface area contributed by atoms with Gasteiger partial charge in [-0.1, -0.05) is 13.8 Å². The third kappa shape index (κ3) is 1.91. The first-order valence-corrected chi connectivity index (χ1v) is 7.72. The molecule has 2 fully saturated rings. The van der Waals surface area contributed by atoms with E-state index in [2.05, 4.69) is 4.98 Å². The van der Waals surface area contributed by atoms with E-state index in [1.165, 1.54) is 16.2 Å². The van der Waals surface area contributed by atoms with Gasteiger partial charge in [0.2, 0.25) is 11.8 Å². The molecular weight excluding hydrogens is 284 g/mol. The minimum atomic E-state index is -0.127. The lowest BCUT2D eigenvalue weighted by molar-refractivity contribution is -0.142. The zero-order chi connectivity index (χ0) is 13.8. The third-order valence-electron chi connectivity index (χ3n) is 4.18. The molecule has 1 saturated heterocycles. The van der Waals surface area contributed by atoms with Gasteiger partial charge in [0.15, 0.2) is 0 Å². The summed E-state index contributed by atoms with van der Waals surface area (Å²) < 4.78 is 0. The van der Waals surface area contributed by atoms with E-state index < -0.39 is 0 Å². The Kier molecular flexibility index (Phi) is 2.94. The molecule has 4 nitrogen and oxygen atoms in total. The highest BCUT2D eigenvalue weighted by molar-refractivity contribution is 7.09. The van der Waals surface area contributed by atoms with Crippen molar-refractivity contribution in [2.24, 2.45) is 17.3 Å². The number of amides is 2. The number of fused-ring (bicyclic) bond motifs is 1. The molecule has 2 atom stereocenters. The SMILES string of the molecule is CC1(C)C2C(=O)N(CCc3nc(CCl)cs3)C(=O)C21. The first kappa shape index (κ1) is 13.1. The van der Waals surface area contributed by atoms with Gasteiger partial charge in [0, 0.05) is 18.3 Å². The second-order valence-electron chi connectivity index (χ2n) is 5.72. The highest BCUT2D eigenvalue weighted by atomic mass is 35.5. The summed E-state index contributed by atoms with van der Waals surface area (Å²) in [6.07, 6.45) is 0.624. The van der Waals surface area contributed by atoms with Gasteiger partial charge in [-0.25, -0.2) is 4.98 Å². The van der Waals surface area contributed by atoms with Gasteiger partial charge >= 0.3 is 0 Å². The Balaban J connectivity index is 1.63. The van der Waals surface area contributed by atoms with Gasteiger partial charge < -0.3 is 0 Å². The summed E-state index contributed by atoms with van der Waals surface area (Å²) in [6.45, 7) is 4.42. The van der Waals surface area contributed by atoms with Crippen LogP contribution in [-0.4, -0.2) is 28.2 Å². The molecule has 0 N–H and O–H groups in total. The molecule has 0 bridgehead atoms. The van der Waals surface area contributed by atoms with Crippen molar-refractivity contribution in [1.29, 1.82) is 0 Å². The molecule has 1 saturated carbocycles. The highest BCUT2D eigenvalue weighted by Gasteiger charge is 2.72. The Hall–Kier alpha value is -0.940. The first-order chi connectivity index (χ1) is 8.96. The van der Waals surface area contributed by atoms with Gasteiger partial charge in [0.25, 0.3) is 0 Å². The lowest BCUT2D eigenvalue weighted by Crippen LogP contribution is -2.37. The normalized spacial score (nSPS) is 27.8. The number of nitrogens with zero attached hydrogens (tertiary/aromatic N) is 2. The lowest BCUT2D eigenvalue weighted by atomic mass is 10.1. The maximum atomic E-state index is 12.1. The van der Waals surface area contributed by atoms with Crippen LogP contribution in [0, 0.1) is 17.3 Å². The van der Waals surface area contributed by atoms with Crippen LogP contribution in [0.4, 0.5) is 0 Å². The van der Waals surface area contributed by atoms with Gasteiger partial charge in [-0.3, -0.25) is 14.5 Å². The number of carbonyl (C=O) groups excluding carboxylic acids is 2. The minimum Gasteiger partial charge on any atom is -0.282 e. The van der Waals surface area contributed by atoms with Crippen molar-refractivity contribution in [1.82, 2.24) is 9.88 Å². The van der Waals surface area contributed by atoms with E-state index in [9.17, 15) is 9.59 Å². The highest BCUT2D eigenvalue weighted by Crippen LogP contribution is 2.63. The van der Waals surface area contributed by atoms with Crippen molar-refractivity contribution < 1.29 is 9.59 Å². The second kappa shape index (κ2) is 4.28. The van der Waals surface area contributed by atoms with Gasteiger partial charge in [0.1, 0.15) is 0 Å². The molecule has 0 radical (unpaired) electrons. The van der Waals surface area contributed by atoms with Gasteiger partial charge in [-0.05, 0) is 5.41 Å². The molecule has 1 aliphatic carbocycles. The van der Waals surface area contributed by atoms with Crippen LogP contribution in [0.2, 0.25) is 0 Å². The van der Waals surface area contributed by atoms with Crippen molar-refractivity contribution in [2.75, 3.05) is 6.54 Å². The average molecular weight is 299 g/mol. The predicted molar refractivity (Wildman–Crippen MR) is 72.9 cm³/mol. The lowest BCUT2D eigenvalue weighted by Gasteiger charge is -2.19. The fraction of sp³-hybridized carbons (Fsp3) is 0.615. The fourth-order valence-corrected chi connectivity index (χ4v) is 3.97. The summed E-state index contributed by atoms with van der Waals surface area (Å²) in [6, 6.07) is 0. The topological polar surface area (TPSA) is 50.3 Å². The van der Waals surface area contributed by atoms with Gasteiger partial charge in [-0.15, -0.1) is 22.9 Å². The molecule has 2 aliphatic rings. The fourth-order valence-electron chi connectivity index (χ4n) is 2.96. The molecular formula is C13H15ClN2O2S. The monoisotopic (exact) mass is 298 g/mol. The Bertz CT molecular complexity index is 531. The molecule has 0 spiro atoms. The van der Waals surface area contributed by atoms with Crippen LogP contribution in [0.5, 0.6) is 0 Å². The molecule has 1 aliphatic heterocycles. The van der Waals surface area contributed by atoms with E-state index in [0.717, 1.165) is 10.7 Å². The number of halogens is 1. The Morgan fingerprint density at radius 1 is 1.37 bits per heavy atom. The zero-order valence-electron chi connectivity index (χ0n) is 10.9. The Morgan fingerprint density at radius 3 is 2.53 bits per heavy atom. The summed E-state index contributed by atoms with van der Waals surface area (Å²) in [4.78, 5) is 30.0. The molecule has 19 heavy (non-hydrogen) atoms. The molecule has 3 rings (SSSR count). The van der Waals surface area contributed by atoms with Crippen molar-refractivity contribution in [3.63, 3.8) is 0 Å². The second-order valence-corrected chi connectivity index (χ2v) is 6.93. The molecule has 1 aromatic heterocycles. The summed E-state index contributed by atoms with van der Waals surface area (Å²) >= 11 is 7.22. The minimum absolute atomic E-state index is 0.00544. The summed E-state index contributed by atoms with van der Waals surface area (Å²) in [5.74, 6) is 0.212. The number of hydrogen-bond acceptors (Lipinski definition) is 4. The first-order valence-electron chi connectivity index (χ1n) is 6.31. The molecule has 102 valence electrons. The maximum Gasteiger partial charge on any atom is 0.233 e. The maximum absolute atomic E-state index is 12.1. The number of hydrogen-bond donors (Lipinski definition) is 0. The van der Waals surface area contributed by atoms with Crippen molar-refractivity contribution in [2.45, 2.75) is 26.1 Å². The average Bonchev–Trinajstić information content (AvgIpc) is 2.68. The van der Waals surface area contributed by atoms with E-state index in [-0.39, 0.29) is 29.1 Å². The van der Waals surface area contributed by atoms with E-state index in [1.54, 1.807) is 0 Å². The van der Waals surface area contributed by atoms with E-state index in [4.69, 9.17) is 11.6 Å². The van der Waals surface area contributed by atoms with Crippen LogP contribution in [0.1, 0.15) is 24.5 Å². The number of thiazole rings is 1. The van der Waals surface area contributed by atoms with Gasteiger partial charge in [0.05, 0.1) is 28.4 Å². The molecule has 2 unspecified atom stereocenters. The van der Waals surface area contributed by atoms with Crippen LogP contribution >= 0.6 is 22.9 Å². The van der Waals surface area contributed by atoms with Crippen LogP contribution in [0.25, 0.3) is 0 Å². The predicted octanol–water partition coefficient (Wildman–Crippen LogP) is 2.07. The Morgan fingerprint density at radius 2 is 2.00 bits per heavy atom. The van der Waals surface area contributed by atoms with E-state index in [0.29, 0.717) is 18.8 Å². The van der Waals surface area contributed by atoms with Crippen LogP contribution in [0.15, 0.2) is 5.38 Å². The largest absolute Gasteiger partial charge is 0.282 e. The number of likely N-dealkylation sites (tertiary alicyclic amines) is 1. The summed E-state index contributed by atoms with van der Waals surface area (Å²) in [5.41, 5.74) is 0.724. The third-order valence-corrected chi connectivity index (χ3v) is 5.41. The smallest absolute Gasteiger partial charge is 0.233 e. The number of imide groups is 1. The molecule has 2 heterocycles. The zero-order valence-corrected chi connectivity index (χ0v) is 12.4. The molecule has 0 aromatic carbocycles. The van der Waals surface area contributed by atoms with E-state index in [1.807, 2.05) is 19.2 Å². The summed E-state index contributed by atoms with van der Waals surface area (Å²) in [7, 11) is 0. The number of alkyl halides is 1. The van der Waals surface area contributed by atoms with Crippen molar-refractivity contribution in [3.8, 4) is 0 Å². The molecule has 1 aromatic rings. The van der Waals surface area contributed by atoms with Crippen molar-refractivity contribution in [3.05, 3.63) is 16.1 Å². The Labute approximate surface area is 120 Å². The molecule has 6 heteroatoms. The van der Waals surface area contributed by atoms with Crippen LogP contribution < -0.4 is 0 Å². The number of rotatable bonds is 4. The van der Waals surface area contributed by atoms with Crippen molar-refractivity contribution >= 4 is 34.8 Å². The van der Waals surface area contributed by atoms with E-state index >= 15 is 0 Å². The number of carbonyl (C=O) groups is 2. The number of piperidine rings is 1. The molecule has 2 amide bonds. The van der Waals surface area contributed by atoms with Crippen LogP contribution in [-0.2, 0) is 21.9 Å². The number of aromatic nitrogens is 1. The van der Waals surface area contributed by atoms with Gasteiger partial charge in [-0.2, -0.15) is 0 Å². The quantitative estimate of drug-likeness (QED) is 0.631. The summed E-state index contributed by atoms with van der Waals surface area (Å²) in [5, 5.41) is 2.84.